The Morgan fingerprint density at radius 3 is 1.77 bits per heavy atom. The minimum Gasteiger partial charge on any atom is -0.374 e. The minimum atomic E-state index is -1.01. The van der Waals surface area contributed by atoms with Crippen LogP contribution in [-0.4, -0.2) is 75.0 Å². The van der Waals surface area contributed by atoms with Gasteiger partial charge in [-0.25, -0.2) is 9.80 Å². The van der Waals surface area contributed by atoms with E-state index < -0.39 is 30.6 Å². The van der Waals surface area contributed by atoms with Crippen LogP contribution in [0.1, 0.15) is 94.7 Å². The number of nitrogens with one attached hydrogen (secondary N) is 3. The van der Waals surface area contributed by atoms with Crippen LogP contribution in [0.4, 0.5) is 11.4 Å². The number of carbonyl (C=O) groups excluding carboxylic acids is 1. The molecule has 0 aromatic heterocycles. The standard InChI is InChI=1S/C33H52N6O5/c1-2-3-8-17-33(30(34)42,19-11-22-38-28(40)24-13-4-6-15-26(24)36-31(38)43)18-9-10-20-35-21-12-23-39-29(41)25-14-5-7-16-27(25)37-32(39)44/h4-7,13-16,28-29,31-32,35-37,40-41,43-44H,2-3,8-12,17-23H2,1H3,(H2,34,42). The summed E-state index contributed by atoms with van der Waals surface area (Å²) in [5.74, 6) is -0.265. The van der Waals surface area contributed by atoms with Crippen molar-refractivity contribution in [3.05, 3.63) is 59.7 Å². The number of amides is 1. The van der Waals surface area contributed by atoms with Crippen LogP contribution >= 0.6 is 0 Å². The number of para-hydroxylation sites is 2. The summed E-state index contributed by atoms with van der Waals surface area (Å²) in [6.07, 6.45) is 4.50. The van der Waals surface area contributed by atoms with Gasteiger partial charge in [-0.15, -0.1) is 0 Å². The number of anilines is 2. The van der Waals surface area contributed by atoms with Crippen molar-refractivity contribution < 1.29 is 25.2 Å². The molecule has 2 aromatic carbocycles. The number of nitrogens with zero attached hydrogens (tertiary/aromatic N) is 2. The first-order chi connectivity index (χ1) is 21.3. The highest BCUT2D eigenvalue weighted by atomic mass is 16.3. The van der Waals surface area contributed by atoms with E-state index in [-0.39, 0.29) is 5.91 Å². The average Bonchev–Trinajstić information content (AvgIpc) is 3.01. The number of hydrogen-bond acceptors (Lipinski definition) is 10. The number of hydrogen-bond donors (Lipinski definition) is 8. The number of nitrogens with two attached hydrogens (primary N) is 1. The van der Waals surface area contributed by atoms with Crippen molar-refractivity contribution in [1.82, 2.24) is 15.1 Å². The van der Waals surface area contributed by atoms with Gasteiger partial charge in [-0.3, -0.25) is 4.79 Å². The first-order valence-electron chi connectivity index (χ1n) is 16.2. The zero-order chi connectivity index (χ0) is 31.5. The second-order valence-corrected chi connectivity index (χ2v) is 12.2. The fraction of sp³-hybridized carbons (Fsp3) is 0.606. The highest BCUT2D eigenvalue weighted by Gasteiger charge is 2.37. The molecule has 2 heterocycles. The maximum absolute atomic E-state index is 12.9. The number of carbonyl (C=O) groups is 1. The van der Waals surface area contributed by atoms with E-state index >= 15 is 0 Å². The first kappa shape index (κ1) is 34.1. The Hall–Kier alpha value is -2.77. The van der Waals surface area contributed by atoms with Crippen LogP contribution in [0, 0.1) is 5.41 Å². The van der Waals surface area contributed by atoms with Gasteiger partial charge < -0.3 is 42.1 Å². The molecule has 244 valence electrons. The SMILES string of the molecule is CCCCCC(CCCCNCCCN1C(O)Nc2ccccc2C1O)(CCCN1C(O)Nc2ccccc2C1O)C(N)=O. The van der Waals surface area contributed by atoms with Gasteiger partial charge in [0.2, 0.25) is 5.91 Å². The lowest BCUT2D eigenvalue weighted by atomic mass is 9.74. The van der Waals surface area contributed by atoms with Crippen molar-refractivity contribution in [2.75, 3.05) is 36.8 Å². The molecule has 2 aromatic rings. The second-order valence-electron chi connectivity index (χ2n) is 12.2. The van der Waals surface area contributed by atoms with Gasteiger partial charge in [-0.2, -0.15) is 0 Å². The van der Waals surface area contributed by atoms with E-state index in [1.807, 2.05) is 48.5 Å². The van der Waals surface area contributed by atoms with E-state index in [0.717, 1.165) is 74.8 Å². The summed E-state index contributed by atoms with van der Waals surface area (Å²) in [5.41, 5.74) is 8.39. The predicted octanol–water partition coefficient (Wildman–Crippen LogP) is 3.36. The fourth-order valence-electron chi connectivity index (χ4n) is 6.55. The highest BCUT2D eigenvalue weighted by Crippen LogP contribution is 2.38. The quantitative estimate of drug-likeness (QED) is 0.117. The molecular formula is C33H52N6O5. The van der Waals surface area contributed by atoms with Crippen molar-refractivity contribution in [2.24, 2.45) is 11.1 Å². The van der Waals surface area contributed by atoms with Crippen LogP contribution in [0.3, 0.4) is 0 Å². The number of benzene rings is 2. The van der Waals surface area contributed by atoms with E-state index in [1.165, 1.54) is 0 Å². The van der Waals surface area contributed by atoms with Gasteiger partial charge >= 0.3 is 0 Å². The summed E-state index contributed by atoms with van der Waals surface area (Å²) in [5, 5.41) is 52.2. The first-order valence-corrected chi connectivity index (χ1v) is 16.2. The molecule has 5 unspecified atom stereocenters. The molecule has 5 atom stereocenters. The maximum atomic E-state index is 12.9. The second kappa shape index (κ2) is 16.5. The Morgan fingerprint density at radius 1 is 0.750 bits per heavy atom. The third-order valence-corrected chi connectivity index (χ3v) is 9.19. The van der Waals surface area contributed by atoms with Crippen molar-refractivity contribution in [3.63, 3.8) is 0 Å². The van der Waals surface area contributed by atoms with Crippen LogP contribution in [0.25, 0.3) is 0 Å². The Morgan fingerprint density at radius 2 is 1.23 bits per heavy atom. The van der Waals surface area contributed by atoms with Gasteiger partial charge in [0.15, 0.2) is 12.7 Å². The third kappa shape index (κ3) is 8.48. The largest absolute Gasteiger partial charge is 0.374 e. The van der Waals surface area contributed by atoms with E-state index in [0.29, 0.717) is 38.0 Å². The van der Waals surface area contributed by atoms with Crippen molar-refractivity contribution >= 4 is 17.3 Å². The fourth-order valence-corrected chi connectivity index (χ4v) is 6.55. The van der Waals surface area contributed by atoms with E-state index in [1.54, 1.807) is 9.80 Å². The Kier molecular flexibility index (Phi) is 12.8. The lowest BCUT2D eigenvalue weighted by molar-refractivity contribution is -0.130. The summed E-state index contributed by atoms with van der Waals surface area (Å²) < 4.78 is 0. The molecule has 0 aliphatic carbocycles. The van der Waals surface area contributed by atoms with Crippen molar-refractivity contribution in [2.45, 2.75) is 96.3 Å². The Labute approximate surface area is 261 Å². The number of primary amides is 1. The van der Waals surface area contributed by atoms with Crippen LogP contribution in [0.5, 0.6) is 0 Å². The summed E-state index contributed by atoms with van der Waals surface area (Å²) in [4.78, 5) is 16.2. The van der Waals surface area contributed by atoms with E-state index in [4.69, 9.17) is 5.73 Å². The van der Waals surface area contributed by atoms with Crippen LogP contribution < -0.4 is 21.7 Å². The Bertz CT molecular complexity index is 1190. The molecule has 4 rings (SSSR count). The highest BCUT2D eigenvalue weighted by molar-refractivity contribution is 5.80. The molecule has 9 N–H and O–H groups in total. The van der Waals surface area contributed by atoms with Crippen LogP contribution in [-0.2, 0) is 4.79 Å². The molecule has 0 radical (unpaired) electrons. The molecule has 0 saturated heterocycles. The molecule has 11 heteroatoms. The molecule has 1 amide bonds. The summed E-state index contributed by atoms with van der Waals surface area (Å²) in [7, 11) is 0. The van der Waals surface area contributed by atoms with Gasteiger partial charge in [-0.05, 0) is 63.7 Å². The van der Waals surface area contributed by atoms with Crippen molar-refractivity contribution in [1.29, 1.82) is 0 Å². The number of fused-ring (bicyclic) bond motifs is 2. The van der Waals surface area contributed by atoms with E-state index in [9.17, 15) is 25.2 Å². The number of aliphatic hydroxyl groups is 4. The van der Waals surface area contributed by atoms with Gasteiger partial charge in [0.25, 0.3) is 0 Å². The van der Waals surface area contributed by atoms with Crippen molar-refractivity contribution in [3.8, 4) is 0 Å². The molecule has 0 spiro atoms. The lowest BCUT2D eigenvalue weighted by Crippen LogP contribution is -2.47. The summed E-state index contributed by atoms with van der Waals surface area (Å²) >= 11 is 0. The molecule has 44 heavy (non-hydrogen) atoms. The zero-order valence-corrected chi connectivity index (χ0v) is 26.0. The van der Waals surface area contributed by atoms with Gasteiger partial charge in [0, 0.05) is 41.0 Å². The zero-order valence-electron chi connectivity index (χ0n) is 26.0. The molecule has 0 bridgehead atoms. The average molecular weight is 613 g/mol. The monoisotopic (exact) mass is 612 g/mol. The summed E-state index contributed by atoms with van der Waals surface area (Å²) in [6.45, 7) is 4.64. The topological polar surface area (TPSA) is 167 Å². The maximum Gasteiger partial charge on any atom is 0.223 e. The molecule has 0 saturated carbocycles. The molecule has 2 aliphatic heterocycles. The Balaban J connectivity index is 1.21. The predicted molar refractivity (Wildman–Crippen MR) is 172 cm³/mol. The van der Waals surface area contributed by atoms with Gasteiger partial charge in [0.1, 0.15) is 12.5 Å². The minimum absolute atomic E-state index is 0.265. The van der Waals surface area contributed by atoms with Gasteiger partial charge in [0.05, 0.1) is 0 Å². The van der Waals surface area contributed by atoms with Crippen LogP contribution in [0.15, 0.2) is 48.5 Å². The molecular weight excluding hydrogens is 560 g/mol. The lowest BCUT2D eigenvalue weighted by Gasteiger charge is -2.39. The molecule has 11 nitrogen and oxygen atoms in total. The smallest absolute Gasteiger partial charge is 0.223 e. The number of rotatable bonds is 18. The molecule has 2 aliphatic rings. The number of aliphatic hydroxyl groups excluding tert-OH is 4. The molecule has 0 fully saturated rings. The number of unbranched alkanes of at least 4 members (excludes halogenated alkanes) is 3. The normalized spacial score (nSPS) is 23.2. The third-order valence-electron chi connectivity index (χ3n) is 9.19. The van der Waals surface area contributed by atoms with Gasteiger partial charge in [-0.1, -0.05) is 69.0 Å². The van der Waals surface area contributed by atoms with E-state index in [2.05, 4.69) is 22.9 Å². The van der Waals surface area contributed by atoms with Crippen LogP contribution in [0.2, 0.25) is 0 Å². The summed E-state index contributed by atoms with van der Waals surface area (Å²) in [6, 6.07) is 14.8.